The van der Waals surface area contributed by atoms with E-state index in [9.17, 15) is 4.79 Å². The fourth-order valence-electron chi connectivity index (χ4n) is 3.12. The molecule has 2 atom stereocenters. The predicted octanol–water partition coefficient (Wildman–Crippen LogP) is 3.61. The van der Waals surface area contributed by atoms with Crippen LogP contribution in [0.5, 0.6) is 0 Å². The number of amides is 1. The first-order valence-electron chi connectivity index (χ1n) is 7.97. The number of hydrogen-bond donors (Lipinski definition) is 0. The summed E-state index contributed by atoms with van der Waals surface area (Å²) >= 11 is 0. The SMILES string of the molecule is C[C@H]1CCN(C(=O)CCc2ccccn2)[C@@H](c2ccco2)C1. The van der Waals surface area contributed by atoms with E-state index in [0.717, 1.165) is 30.8 Å². The van der Waals surface area contributed by atoms with Gasteiger partial charge in [-0.2, -0.15) is 0 Å². The summed E-state index contributed by atoms with van der Waals surface area (Å²) in [6.07, 6.45) is 6.69. The lowest BCUT2D eigenvalue weighted by molar-refractivity contribution is -0.136. The third-order valence-electron chi connectivity index (χ3n) is 4.38. The predicted molar refractivity (Wildman–Crippen MR) is 84.1 cm³/mol. The monoisotopic (exact) mass is 298 g/mol. The Morgan fingerprint density at radius 1 is 1.36 bits per heavy atom. The van der Waals surface area contributed by atoms with Gasteiger partial charge in [0, 0.05) is 24.9 Å². The molecule has 0 N–H and O–H groups in total. The Morgan fingerprint density at radius 3 is 3.00 bits per heavy atom. The number of piperidine rings is 1. The zero-order chi connectivity index (χ0) is 15.4. The van der Waals surface area contributed by atoms with Crippen LogP contribution in [0, 0.1) is 5.92 Å². The van der Waals surface area contributed by atoms with Gasteiger partial charge in [0.2, 0.25) is 5.91 Å². The minimum atomic E-state index is 0.0787. The molecule has 0 saturated carbocycles. The average Bonchev–Trinajstić information content (AvgIpc) is 3.08. The van der Waals surface area contributed by atoms with Gasteiger partial charge >= 0.3 is 0 Å². The first-order valence-corrected chi connectivity index (χ1v) is 7.97. The highest BCUT2D eigenvalue weighted by atomic mass is 16.3. The maximum Gasteiger partial charge on any atom is 0.223 e. The second-order valence-corrected chi connectivity index (χ2v) is 6.07. The molecule has 3 heterocycles. The van der Waals surface area contributed by atoms with Crippen LogP contribution in [0.1, 0.15) is 43.7 Å². The molecule has 3 rings (SSSR count). The molecule has 4 nitrogen and oxygen atoms in total. The van der Waals surface area contributed by atoms with Crippen LogP contribution in [0.25, 0.3) is 0 Å². The molecule has 4 heteroatoms. The van der Waals surface area contributed by atoms with Crippen molar-refractivity contribution in [2.24, 2.45) is 5.92 Å². The van der Waals surface area contributed by atoms with Crippen molar-refractivity contribution in [1.82, 2.24) is 9.88 Å². The lowest BCUT2D eigenvalue weighted by Gasteiger charge is -2.37. The van der Waals surface area contributed by atoms with Gasteiger partial charge in [0.15, 0.2) is 0 Å². The topological polar surface area (TPSA) is 46.3 Å². The molecule has 2 aromatic rings. The maximum atomic E-state index is 12.6. The second-order valence-electron chi connectivity index (χ2n) is 6.07. The number of furan rings is 1. The van der Waals surface area contributed by atoms with Gasteiger partial charge in [-0.25, -0.2) is 0 Å². The molecule has 0 aliphatic carbocycles. The quantitative estimate of drug-likeness (QED) is 0.866. The highest BCUT2D eigenvalue weighted by Gasteiger charge is 2.32. The first-order chi connectivity index (χ1) is 10.7. The van der Waals surface area contributed by atoms with E-state index in [2.05, 4.69) is 11.9 Å². The van der Waals surface area contributed by atoms with E-state index in [1.807, 2.05) is 35.2 Å². The number of aryl methyl sites for hydroxylation is 1. The molecule has 1 aliphatic rings. The lowest BCUT2D eigenvalue weighted by atomic mass is 9.90. The number of carbonyl (C=O) groups is 1. The summed E-state index contributed by atoms with van der Waals surface area (Å²) in [6.45, 7) is 3.05. The smallest absolute Gasteiger partial charge is 0.223 e. The van der Waals surface area contributed by atoms with E-state index in [4.69, 9.17) is 4.42 Å². The van der Waals surface area contributed by atoms with Crippen molar-refractivity contribution in [2.75, 3.05) is 6.54 Å². The van der Waals surface area contributed by atoms with E-state index in [-0.39, 0.29) is 11.9 Å². The summed E-state index contributed by atoms with van der Waals surface area (Å²) in [5, 5.41) is 0. The molecular formula is C18H22N2O2. The summed E-state index contributed by atoms with van der Waals surface area (Å²) in [5.74, 6) is 1.71. The van der Waals surface area contributed by atoms with E-state index in [1.165, 1.54) is 0 Å². The molecule has 1 fully saturated rings. The molecule has 22 heavy (non-hydrogen) atoms. The highest BCUT2D eigenvalue weighted by molar-refractivity contribution is 5.77. The Hall–Kier alpha value is -2.10. The lowest BCUT2D eigenvalue weighted by Crippen LogP contribution is -2.40. The van der Waals surface area contributed by atoms with E-state index < -0.39 is 0 Å². The van der Waals surface area contributed by atoms with Gasteiger partial charge in [0.05, 0.1) is 12.3 Å². The molecule has 0 aromatic carbocycles. The van der Waals surface area contributed by atoms with Crippen LogP contribution in [0.3, 0.4) is 0 Å². The minimum Gasteiger partial charge on any atom is -0.467 e. The van der Waals surface area contributed by atoms with Gasteiger partial charge < -0.3 is 9.32 Å². The molecule has 0 unspecified atom stereocenters. The number of carbonyl (C=O) groups excluding carboxylic acids is 1. The molecule has 0 radical (unpaired) electrons. The van der Waals surface area contributed by atoms with Gasteiger partial charge in [0.25, 0.3) is 0 Å². The van der Waals surface area contributed by atoms with Crippen LogP contribution in [-0.4, -0.2) is 22.3 Å². The largest absolute Gasteiger partial charge is 0.467 e. The van der Waals surface area contributed by atoms with Crippen LogP contribution in [-0.2, 0) is 11.2 Å². The van der Waals surface area contributed by atoms with Gasteiger partial charge in [-0.15, -0.1) is 0 Å². The van der Waals surface area contributed by atoms with Gasteiger partial charge in [-0.05, 0) is 49.4 Å². The van der Waals surface area contributed by atoms with Crippen LogP contribution < -0.4 is 0 Å². The van der Waals surface area contributed by atoms with Crippen molar-refractivity contribution in [3.8, 4) is 0 Å². The summed E-state index contributed by atoms with van der Waals surface area (Å²) in [5.41, 5.74) is 0.968. The zero-order valence-corrected chi connectivity index (χ0v) is 12.9. The van der Waals surface area contributed by atoms with Crippen molar-refractivity contribution in [1.29, 1.82) is 0 Å². The van der Waals surface area contributed by atoms with Gasteiger partial charge in [-0.3, -0.25) is 9.78 Å². The Kier molecular flexibility index (Phi) is 4.56. The van der Waals surface area contributed by atoms with E-state index in [0.29, 0.717) is 18.8 Å². The highest BCUT2D eigenvalue weighted by Crippen LogP contribution is 2.34. The van der Waals surface area contributed by atoms with Crippen LogP contribution in [0.2, 0.25) is 0 Å². The standard InChI is InChI=1S/C18H22N2O2/c1-14-9-11-20(16(13-14)17-6-4-12-22-17)18(21)8-7-15-5-2-3-10-19-15/h2-6,10,12,14,16H,7-9,11,13H2,1H3/t14-,16+/m0/s1. The molecule has 0 bridgehead atoms. The van der Waals surface area contributed by atoms with Crippen molar-refractivity contribution < 1.29 is 9.21 Å². The number of hydrogen-bond acceptors (Lipinski definition) is 3. The zero-order valence-electron chi connectivity index (χ0n) is 12.9. The van der Waals surface area contributed by atoms with Crippen molar-refractivity contribution in [3.63, 3.8) is 0 Å². The minimum absolute atomic E-state index is 0.0787. The fourth-order valence-corrected chi connectivity index (χ4v) is 3.12. The molecule has 2 aromatic heterocycles. The summed E-state index contributed by atoms with van der Waals surface area (Å²) in [4.78, 5) is 18.9. The number of pyridine rings is 1. The summed E-state index contributed by atoms with van der Waals surface area (Å²) in [6, 6.07) is 9.77. The maximum absolute atomic E-state index is 12.6. The summed E-state index contributed by atoms with van der Waals surface area (Å²) < 4.78 is 5.56. The summed E-state index contributed by atoms with van der Waals surface area (Å²) in [7, 11) is 0. The Morgan fingerprint density at radius 2 is 2.27 bits per heavy atom. The van der Waals surface area contributed by atoms with Crippen molar-refractivity contribution in [3.05, 3.63) is 54.2 Å². The van der Waals surface area contributed by atoms with Crippen LogP contribution in [0.15, 0.2) is 47.2 Å². The van der Waals surface area contributed by atoms with Crippen molar-refractivity contribution in [2.45, 2.75) is 38.6 Å². The van der Waals surface area contributed by atoms with Gasteiger partial charge in [0.1, 0.15) is 5.76 Å². The van der Waals surface area contributed by atoms with Crippen LogP contribution in [0.4, 0.5) is 0 Å². The molecular weight excluding hydrogens is 276 g/mol. The molecule has 0 spiro atoms. The van der Waals surface area contributed by atoms with Gasteiger partial charge in [-0.1, -0.05) is 13.0 Å². The first kappa shape index (κ1) is 14.8. The number of aromatic nitrogens is 1. The number of rotatable bonds is 4. The Bertz CT molecular complexity index is 595. The number of likely N-dealkylation sites (tertiary alicyclic amines) is 1. The third-order valence-corrected chi connectivity index (χ3v) is 4.38. The molecule has 116 valence electrons. The Labute approximate surface area is 131 Å². The molecule has 1 saturated heterocycles. The number of nitrogens with zero attached hydrogens (tertiary/aromatic N) is 2. The average molecular weight is 298 g/mol. The molecule has 1 amide bonds. The molecule has 1 aliphatic heterocycles. The van der Waals surface area contributed by atoms with E-state index >= 15 is 0 Å². The van der Waals surface area contributed by atoms with Crippen molar-refractivity contribution >= 4 is 5.91 Å². The van der Waals surface area contributed by atoms with E-state index in [1.54, 1.807) is 12.5 Å². The second kappa shape index (κ2) is 6.77. The fraction of sp³-hybridized carbons (Fsp3) is 0.444. The Balaban J connectivity index is 1.67. The van der Waals surface area contributed by atoms with Crippen LogP contribution >= 0.6 is 0 Å². The third kappa shape index (κ3) is 3.38. The normalized spacial score (nSPS) is 21.8.